The molecule has 0 saturated carbocycles. The van der Waals surface area contributed by atoms with E-state index in [1.54, 1.807) is 20.2 Å². The Morgan fingerprint density at radius 3 is 2.93 bits per heavy atom. The highest BCUT2D eigenvalue weighted by Gasteiger charge is 2.01. The van der Waals surface area contributed by atoms with E-state index in [0.29, 0.717) is 23.3 Å². The van der Waals surface area contributed by atoms with Crippen LogP contribution in [0.4, 0.5) is 5.82 Å². The van der Waals surface area contributed by atoms with E-state index >= 15 is 0 Å². The number of aromatic nitrogens is 2. The molecule has 14 heavy (non-hydrogen) atoms. The highest BCUT2D eigenvalue weighted by Crippen LogP contribution is 2.05. The highest BCUT2D eigenvalue weighted by atomic mass is 32.1. The summed E-state index contributed by atoms with van der Waals surface area (Å²) >= 11 is 4.92. The van der Waals surface area contributed by atoms with Crippen LogP contribution in [0.1, 0.15) is 11.4 Å². The molecule has 0 fully saturated rings. The molecule has 0 radical (unpaired) electrons. The molecule has 0 aliphatic rings. The first-order chi connectivity index (χ1) is 6.63. The zero-order chi connectivity index (χ0) is 10.6. The van der Waals surface area contributed by atoms with Crippen molar-refractivity contribution in [2.45, 2.75) is 13.5 Å². The van der Waals surface area contributed by atoms with E-state index in [-0.39, 0.29) is 0 Å². The topological polar surface area (TPSA) is 75.9 Å². The summed E-state index contributed by atoms with van der Waals surface area (Å²) in [6.45, 7) is 2.33. The molecule has 1 aromatic rings. The lowest BCUT2D eigenvalue weighted by molar-refractivity contribution is 0.871. The van der Waals surface area contributed by atoms with Gasteiger partial charge in [0.25, 0.3) is 0 Å². The molecule has 1 aromatic heterocycles. The van der Waals surface area contributed by atoms with Gasteiger partial charge < -0.3 is 16.4 Å². The molecular formula is C8H13N5S. The fourth-order valence-corrected chi connectivity index (χ4v) is 0.985. The summed E-state index contributed by atoms with van der Waals surface area (Å²) in [5.74, 6) is 1.16. The molecule has 1 heterocycles. The van der Waals surface area contributed by atoms with Crippen LogP contribution in [0.5, 0.6) is 0 Å². The fourth-order valence-electron chi connectivity index (χ4n) is 0.913. The standard InChI is InChI=1S/C8H13N5S/c1-5-11-3-6(7(9)13-5)4-12-8(14)10-2/h3H,4H2,1-2H3,(H2,9,11,13)(H2,10,12,14). The molecule has 0 amide bonds. The number of anilines is 1. The number of rotatable bonds is 2. The second kappa shape index (κ2) is 4.71. The number of thiocarbonyl (C=S) groups is 1. The monoisotopic (exact) mass is 211 g/mol. The Labute approximate surface area is 88.1 Å². The van der Waals surface area contributed by atoms with Crippen molar-refractivity contribution in [2.24, 2.45) is 0 Å². The van der Waals surface area contributed by atoms with Crippen LogP contribution in [0.2, 0.25) is 0 Å². The Balaban J connectivity index is 2.63. The number of nitrogens with one attached hydrogen (secondary N) is 2. The SMILES string of the molecule is CNC(=S)NCc1cnc(C)nc1N. The number of nitrogens with two attached hydrogens (primary N) is 1. The van der Waals surface area contributed by atoms with E-state index < -0.39 is 0 Å². The predicted molar refractivity (Wildman–Crippen MR) is 59.7 cm³/mol. The van der Waals surface area contributed by atoms with Crippen molar-refractivity contribution < 1.29 is 0 Å². The summed E-state index contributed by atoms with van der Waals surface area (Å²) in [5, 5.41) is 6.35. The minimum absolute atomic E-state index is 0.490. The van der Waals surface area contributed by atoms with Crippen molar-refractivity contribution in [1.29, 1.82) is 0 Å². The summed E-state index contributed by atoms with van der Waals surface area (Å²) in [6.07, 6.45) is 1.70. The lowest BCUT2D eigenvalue weighted by Crippen LogP contribution is -2.32. The quantitative estimate of drug-likeness (QED) is 0.596. The molecule has 0 unspecified atom stereocenters. The normalized spacial score (nSPS) is 9.57. The van der Waals surface area contributed by atoms with Gasteiger partial charge in [0.1, 0.15) is 11.6 Å². The van der Waals surface area contributed by atoms with Crippen LogP contribution < -0.4 is 16.4 Å². The van der Waals surface area contributed by atoms with Gasteiger partial charge in [-0.2, -0.15) is 0 Å². The van der Waals surface area contributed by atoms with Crippen LogP contribution in [-0.4, -0.2) is 22.1 Å². The van der Waals surface area contributed by atoms with Crippen molar-refractivity contribution in [3.05, 3.63) is 17.6 Å². The maximum Gasteiger partial charge on any atom is 0.166 e. The Hall–Kier alpha value is -1.43. The van der Waals surface area contributed by atoms with Crippen LogP contribution in [0, 0.1) is 6.92 Å². The van der Waals surface area contributed by atoms with Gasteiger partial charge in [-0.1, -0.05) is 0 Å². The summed E-state index contributed by atoms with van der Waals surface area (Å²) in [4.78, 5) is 8.09. The summed E-state index contributed by atoms with van der Waals surface area (Å²) in [6, 6.07) is 0. The molecule has 0 saturated heterocycles. The molecule has 0 bridgehead atoms. The fraction of sp³-hybridized carbons (Fsp3) is 0.375. The number of hydrogen-bond donors (Lipinski definition) is 3. The molecular weight excluding hydrogens is 198 g/mol. The molecule has 0 aromatic carbocycles. The maximum absolute atomic E-state index is 5.69. The lowest BCUT2D eigenvalue weighted by Gasteiger charge is -2.08. The van der Waals surface area contributed by atoms with E-state index in [1.165, 1.54) is 0 Å². The third kappa shape index (κ3) is 2.81. The van der Waals surface area contributed by atoms with Gasteiger partial charge in [-0.25, -0.2) is 9.97 Å². The summed E-state index contributed by atoms with van der Waals surface area (Å²) < 4.78 is 0. The van der Waals surface area contributed by atoms with E-state index in [4.69, 9.17) is 18.0 Å². The zero-order valence-corrected chi connectivity index (χ0v) is 8.98. The minimum atomic E-state index is 0.490. The van der Waals surface area contributed by atoms with Gasteiger partial charge in [0.2, 0.25) is 0 Å². The minimum Gasteiger partial charge on any atom is -0.383 e. The molecule has 0 spiro atoms. The van der Waals surface area contributed by atoms with E-state index in [2.05, 4.69) is 20.6 Å². The van der Waals surface area contributed by atoms with Crippen LogP contribution in [0.15, 0.2) is 6.20 Å². The first-order valence-electron chi connectivity index (χ1n) is 4.17. The number of aryl methyl sites for hydroxylation is 1. The molecule has 0 aliphatic carbocycles. The first kappa shape index (κ1) is 10.6. The van der Waals surface area contributed by atoms with Crippen LogP contribution in [0.3, 0.4) is 0 Å². The molecule has 0 atom stereocenters. The number of hydrogen-bond acceptors (Lipinski definition) is 4. The van der Waals surface area contributed by atoms with Crippen LogP contribution in [-0.2, 0) is 6.54 Å². The summed E-state index contributed by atoms with van der Waals surface area (Å²) in [5.41, 5.74) is 6.54. The molecule has 1 rings (SSSR count). The first-order valence-corrected chi connectivity index (χ1v) is 4.58. The smallest absolute Gasteiger partial charge is 0.166 e. The number of nitrogens with zero attached hydrogens (tertiary/aromatic N) is 2. The molecule has 0 aliphatic heterocycles. The maximum atomic E-state index is 5.69. The Kier molecular flexibility index (Phi) is 3.58. The molecule has 6 heteroatoms. The average Bonchev–Trinajstić information content (AvgIpc) is 2.16. The lowest BCUT2D eigenvalue weighted by atomic mass is 10.3. The largest absolute Gasteiger partial charge is 0.383 e. The van der Waals surface area contributed by atoms with E-state index in [0.717, 1.165) is 5.56 Å². The van der Waals surface area contributed by atoms with Gasteiger partial charge >= 0.3 is 0 Å². The van der Waals surface area contributed by atoms with Gasteiger partial charge in [0.05, 0.1) is 0 Å². The Bertz CT molecular complexity index is 339. The second-order valence-electron chi connectivity index (χ2n) is 2.76. The van der Waals surface area contributed by atoms with Gasteiger partial charge in [-0.05, 0) is 19.1 Å². The Morgan fingerprint density at radius 2 is 2.36 bits per heavy atom. The van der Waals surface area contributed by atoms with Crippen molar-refractivity contribution in [3.8, 4) is 0 Å². The van der Waals surface area contributed by atoms with Crippen molar-refractivity contribution >= 4 is 23.1 Å². The van der Waals surface area contributed by atoms with Crippen LogP contribution in [0.25, 0.3) is 0 Å². The highest BCUT2D eigenvalue weighted by molar-refractivity contribution is 7.80. The second-order valence-corrected chi connectivity index (χ2v) is 3.17. The van der Waals surface area contributed by atoms with E-state index in [9.17, 15) is 0 Å². The molecule has 4 N–H and O–H groups in total. The molecule has 5 nitrogen and oxygen atoms in total. The number of nitrogen functional groups attached to an aromatic ring is 1. The van der Waals surface area contributed by atoms with Gasteiger partial charge in [-0.3, -0.25) is 0 Å². The zero-order valence-electron chi connectivity index (χ0n) is 8.16. The van der Waals surface area contributed by atoms with Gasteiger partial charge in [-0.15, -0.1) is 0 Å². The van der Waals surface area contributed by atoms with Crippen molar-refractivity contribution in [1.82, 2.24) is 20.6 Å². The average molecular weight is 211 g/mol. The van der Waals surface area contributed by atoms with E-state index in [1.807, 2.05) is 0 Å². The summed E-state index contributed by atoms with van der Waals surface area (Å²) in [7, 11) is 1.75. The van der Waals surface area contributed by atoms with Gasteiger partial charge in [0, 0.05) is 25.4 Å². The third-order valence-corrected chi connectivity index (χ3v) is 2.03. The van der Waals surface area contributed by atoms with Gasteiger partial charge in [0.15, 0.2) is 5.11 Å². The van der Waals surface area contributed by atoms with Crippen molar-refractivity contribution in [3.63, 3.8) is 0 Å². The third-order valence-electron chi connectivity index (χ3n) is 1.68. The molecule has 76 valence electrons. The van der Waals surface area contributed by atoms with Crippen molar-refractivity contribution in [2.75, 3.05) is 12.8 Å². The van der Waals surface area contributed by atoms with Crippen LogP contribution >= 0.6 is 12.2 Å². The Morgan fingerprint density at radius 1 is 1.64 bits per heavy atom. The predicted octanol–water partition coefficient (Wildman–Crippen LogP) is -0.0389.